The van der Waals surface area contributed by atoms with Gasteiger partial charge in [0.05, 0.1) is 7.11 Å². The summed E-state index contributed by atoms with van der Waals surface area (Å²) >= 11 is 0. The van der Waals surface area contributed by atoms with Crippen molar-refractivity contribution in [2.45, 2.75) is 0 Å². The molecule has 0 heterocycles. The zero-order valence-corrected chi connectivity index (χ0v) is 7.90. The summed E-state index contributed by atoms with van der Waals surface area (Å²) in [5, 5.41) is 6.21. The van der Waals surface area contributed by atoms with Crippen molar-refractivity contribution >= 4 is 12.2 Å². The lowest BCUT2D eigenvalue weighted by atomic mass is 10.2. The number of ether oxygens (including phenoxy) is 1. The number of guanidine groups is 1. The maximum atomic E-state index is 5.13. The van der Waals surface area contributed by atoms with E-state index in [1.165, 1.54) is 0 Å². The van der Waals surface area contributed by atoms with Gasteiger partial charge in [-0.15, -0.1) is 5.10 Å². The lowest BCUT2D eigenvalue weighted by molar-refractivity contribution is -0.456. The minimum absolute atomic E-state index is 0.0100. The van der Waals surface area contributed by atoms with Crippen LogP contribution in [0.3, 0.4) is 0 Å². The van der Waals surface area contributed by atoms with E-state index in [1.54, 1.807) is 13.3 Å². The number of methoxy groups -OCH3 is 1. The second-order valence-electron chi connectivity index (χ2n) is 2.59. The number of hydrogen-bond acceptors (Lipinski definition) is 2. The summed E-state index contributed by atoms with van der Waals surface area (Å²) in [6.45, 7) is 0. The van der Waals surface area contributed by atoms with Crippen molar-refractivity contribution in [1.29, 1.82) is 0 Å². The van der Waals surface area contributed by atoms with Crippen LogP contribution in [-0.4, -0.2) is 19.3 Å². The summed E-state index contributed by atoms with van der Waals surface area (Å²) in [7, 11) is 1.61. The van der Waals surface area contributed by atoms with Crippen LogP contribution in [0.1, 0.15) is 5.56 Å². The first kappa shape index (κ1) is 10.0. The Morgan fingerprint density at radius 3 is 2.93 bits per heavy atom. The van der Waals surface area contributed by atoms with Gasteiger partial charge in [-0.2, -0.15) is 0 Å². The fraction of sp³-hybridized carbons (Fsp3) is 0.111. The van der Waals surface area contributed by atoms with Gasteiger partial charge in [-0.1, -0.05) is 6.07 Å². The molecule has 0 aliphatic heterocycles. The molecule has 0 amide bonds. The van der Waals surface area contributed by atoms with E-state index in [0.717, 1.165) is 11.3 Å². The first-order chi connectivity index (χ1) is 6.72. The number of hydrazone groups is 1. The van der Waals surface area contributed by atoms with Crippen LogP contribution in [0.5, 0.6) is 5.75 Å². The molecule has 0 saturated heterocycles. The molecule has 0 atom stereocenters. The van der Waals surface area contributed by atoms with Gasteiger partial charge in [0.25, 0.3) is 5.96 Å². The predicted molar refractivity (Wildman–Crippen MR) is 54.9 cm³/mol. The van der Waals surface area contributed by atoms with Crippen molar-refractivity contribution in [3.8, 4) is 5.75 Å². The Bertz CT molecular complexity index is 356. The topological polar surface area (TPSA) is 87.6 Å². The number of benzene rings is 1. The molecule has 1 aromatic rings. The van der Waals surface area contributed by atoms with Gasteiger partial charge in [0, 0.05) is 10.7 Å². The quantitative estimate of drug-likeness (QED) is 0.306. The molecule has 14 heavy (non-hydrogen) atoms. The fourth-order valence-corrected chi connectivity index (χ4v) is 0.913. The van der Waals surface area contributed by atoms with Crippen molar-refractivity contribution in [2.75, 3.05) is 7.11 Å². The third kappa shape index (κ3) is 3.14. The highest BCUT2D eigenvalue weighted by atomic mass is 16.5. The number of rotatable bonds is 3. The van der Waals surface area contributed by atoms with Gasteiger partial charge in [0.15, 0.2) is 0 Å². The zero-order chi connectivity index (χ0) is 10.4. The Kier molecular flexibility index (Phi) is 3.49. The molecule has 74 valence electrons. The normalized spacial score (nSPS) is 10.1. The molecule has 5 nitrogen and oxygen atoms in total. The molecule has 5 heteroatoms. The standard InChI is InChI=1S/C9H12N4O/c1-14-8-4-2-3-7(5-8)6-12-13-9(10)11/h2-6H,1H3,(H4,10,11,13)/p+1/b12-6+. The Labute approximate surface area is 82.1 Å². The lowest BCUT2D eigenvalue weighted by Gasteiger charge is -1.97. The first-order valence-electron chi connectivity index (χ1n) is 4.04. The molecule has 0 unspecified atom stereocenters. The molecule has 0 saturated carbocycles. The summed E-state index contributed by atoms with van der Waals surface area (Å²) in [4.78, 5) is 0. The van der Waals surface area contributed by atoms with E-state index in [1.807, 2.05) is 24.3 Å². The number of hydrogen-bond donors (Lipinski definition) is 3. The Morgan fingerprint density at radius 2 is 2.29 bits per heavy atom. The number of nitrogens with zero attached hydrogens (tertiary/aromatic N) is 1. The largest absolute Gasteiger partial charge is 0.497 e. The smallest absolute Gasteiger partial charge is 0.256 e. The van der Waals surface area contributed by atoms with E-state index in [0.29, 0.717) is 0 Å². The molecular formula is C9H13N4O+. The second-order valence-corrected chi connectivity index (χ2v) is 2.59. The number of nitrogens with one attached hydrogen (secondary N) is 1. The minimum atomic E-state index is -0.0100. The SMILES string of the molecule is COc1cccc(/C=[NH+]/N=C(N)N)c1. The van der Waals surface area contributed by atoms with Gasteiger partial charge in [-0.3, -0.25) is 0 Å². The van der Waals surface area contributed by atoms with Crippen LogP contribution in [0.15, 0.2) is 29.4 Å². The van der Waals surface area contributed by atoms with Crippen molar-refractivity contribution in [1.82, 2.24) is 0 Å². The highest BCUT2D eigenvalue weighted by molar-refractivity contribution is 5.77. The van der Waals surface area contributed by atoms with Gasteiger partial charge >= 0.3 is 0 Å². The Morgan fingerprint density at radius 1 is 1.50 bits per heavy atom. The molecule has 0 bridgehead atoms. The molecule has 0 aliphatic rings. The van der Waals surface area contributed by atoms with Crippen LogP contribution in [0.4, 0.5) is 0 Å². The van der Waals surface area contributed by atoms with Crippen LogP contribution < -0.4 is 21.3 Å². The first-order valence-corrected chi connectivity index (χ1v) is 4.04. The molecule has 0 radical (unpaired) electrons. The van der Waals surface area contributed by atoms with E-state index in [-0.39, 0.29) is 5.96 Å². The fourth-order valence-electron chi connectivity index (χ4n) is 0.913. The zero-order valence-electron chi connectivity index (χ0n) is 7.90. The molecule has 0 aromatic heterocycles. The van der Waals surface area contributed by atoms with E-state index in [9.17, 15) is 0 Å². The molecule has 1 rings (SSSR count). The third-order valence-corrected chi connectivity index (χ3v) is 1.52. The van der Waals surface area contributed by atoms with Gasteiger partial charge in [0.2, 0.25) is 6.21 Å². The molecule has 0 fully saturated rings. The summed E-state index contributed by atoms with van der Waals surface area (Å²) in [6, 6.07) is 7.49. The van der Waals surface area contributed by atoms with E-state index >= 15 is 0 Å². The average Bonchev–Trinajstić information content (AvgIpc) is 2.18. The van der Waals surface area contributed by atoms with E-state index in [2.05, 4.69) is 10.2 Å². The van der Waals surface area contributed by atoms with E-state index in [4.69, 9.17) is 16.2 Å². The van der Waals surface area contributed by atoms with Crippen molar-refractivity contribution in [2.24, 2.45) is 16.6 Å². The number of nitrogens with two attached hydrogens (primary N) is 2. The van der Waals surface area contributed by atoms with Crippen LogP contribution in [0.25, 0.3) is 0 Å². The summed E-state index contributed by atoms with van der Waals surface area (Å²) < 4.78 is 5.05. The predicted octanol–water partition coefficient (Wildman–Crippen LogP) is -1.62. The monoisotopic (exact) mass is 193 g/mol. The lowest BCUT2D eigenvalue weighted by Crippen LogP contribution is -2.63. The maximum Gasteiger partial charge on any atom is 0.256 e. The van der Waals surface area contributed by atoms with Crippen LogP contribution in [0.2, 0.25) is 0 Å². The van der Waals surface area contributed by atoms with Crippen molar-refractivity contribution in [3.05, 3.63) is 29.8 Å². The Balaban J connectivity index is 2.76. The molecule has 1 aromatic carbocycles. The summed E-state index contributed by atoms with van der Waals surface area (Å²) in [5.41, 5.74) is 11.2. The van der Waals surface area contributed by atoms with Gasteiger partial charge < -0.3 is 16.2 Å². The summed E-state index contributed by atoms with van der Waals surface area (Å²) in [5.74, 6) is 0.773. The molecule has 0 spiro atoms. The van der Waals surface area contributed by atoms with E-state index < -0.39 is 0 Å². The molecule has 0 aliphatic carbocycles. The molecular weight excluding hydrogens is 180 g/mol. The van der Waals surface area contributed by atoms with Crippen molar-refractivity contribution < 1.29 is 9.84 Å². The van der Waals surface area contributed by atoms with Crippen LogP contribution in [-0.2, 0) is 0 Å². The van der Waals surface area contributed by atoms with Crippen molar-refractivity contribution in [3.63, 3.8) is 0 Å². The highest BCUT2D eigenvalue weighted by Crippen LogP contribution is 2.09. The van der Waals surface area contributed by atoms with Gasteiger partial charge in [-0.05, 0) is 18.2 Å². The highest BCUT2D eigenvalue weighted by Gasteiger charge is 1.94. The van der Waals surface area contributed by atoms with Gasteiger partial charge in [0.1, 0.15) is 5.75 Å². The second kappa shape index (κ2) is 4.86. The summed E-state index contributed by atoms with van der Waals surface area (Å²) in [6.07, 6.45) is 1.67. The average molecular weight is 193 g/mol. The van der Waals surface area contributed by atoms with Crippen LogP contribution >= 0.6 is 0 Å². The van der Waals surface area contributed by atoms with Crippen LogP contribution in [0, 0.1) is 0 Å². The molecule has 5 N–H and O–H groups in total. The minimum Gasteiger partial charge on any atom is -0.497 e. The van der Waals surface area contributed by atoms with Gasteiger partial charge in [-0.25, -0.2) is 0 Å². The third-order valence-electron chi connectivity index (χ3n) is 1.52. The maximum absolute atomic E-state index is 5.13. The Hall–Kier alpha value is -2.04.